The summed E-state index contributed by atoms with van der Waals surface area (Å²) in [5, 5.41) is 6.03. The number of nitrogens with zero attached hydrogens (tertiary/aromatic N) is 1. The summed E-state index contributed by atoms with van der Waals surface area (Å²) in [4.78, 5) is 17.6. The minimum absolute atomic E-state index is 0.0799. The second kappa shape index (κ2) is 7.85. The molecular weight excluding hydrogens is 362 g/mol. The van der Waals surface area contributed by atoms with Crippen LogP contribution in [0.1, 0.15) is 18.9 Å². The zero-order valence-electron chi connectivity index (χ0n) is 13.0. The molecular formula is C16H21BrN3OS+. The Morgan fingerprint density at radius 3 is 2.91 bits per heavy atom. The highest BCUT2D eigenvalue weighted by molar-refractivity contribution is 9.10. The standard InChI is InChI=1S/C16H20BrN3OS/c1-11(2)18-15(21)8-20(3)9-16-19-14(10-22-16)12-5-4-6-13(17)7-12/h4-7,10-11H,8-9H2,1-3H3,(H,18,21)/p+1. The lowest BCUT2D eigenvalue weighted by Gasteiger charge is -2.13. The SMILES string of the molecule is CC(C)NC(=O)C[NH+](C)Cc1nc(-c2cccc(Br)c2)cs1. The number of carbonyl (C=O) groups is 1. The molecule has 1 amide bonds. The van der Waals surface area contributed by atoms with E-state index in [-0.39, 0.29) is 11.9 Å². The Bertz CT molecular complexity index is 642. The molecule has 2 aromatic rings. The number of hydrogen-bond acceptors (Lipinski definition) is 3. The van der Waals surface area contributed by atoms with E-state index in [1.54, 1.807) is 11.3 Å². The van der Waals surface area contributed by atoms with Gasteiger partial charge in [-0.05, 0) is 26.0 Å². The normalized spacial score (nSPS) is 12.4. The van der Waals surface area contributed by atoms with Gasteiger partial charge in [0, 0.05) is 21.5 Å². The summed E-state index contributed by atoms with van der Waals surface area (Å²) >= 11 is 5.12. The molecule has 6 heteroatoms. The van der Waals surface area contributed by atoms with Crippen molar-refractivity contribution < 1.29 is 9.69 Å². The fourth-order valence-corrected chi connectivity index (χ4v) is 3.46. The van der Waals surface area contributed by atoms with Gasteiger partial charge in [0.25, 0.3) is 5.91 Å². The first-order valence-corrected chi connectivity index (χ1v) is 8.92. The number of quaternary nitrogens is 1. The number of amides is 1. The first-order chi connectivity index (χ1) is 10.4. The maximum atomic E-state index is 11.8. The molecule has 1 heterocycles. The minimum atomic E-state index is 0.0799. The van der Waals surface area contributed by atoms with Gasteiger partial charge in [-0.2, -0.15) is 0 Å². The molecule has 1 unspecified atom stereocenters. The van der Waals surface area contributed by atoms with E-state index in [0.29, 0.717) is 6.54 Å². The molecule has 0 fully saturated rings. The Balaban J connectivity index is 1.96. The van der Waals surface area contributed by atoms with Crippen molar-refractivity contribution in [1.82, 2.24) is 10.3 Å². The van der Waals surface area contributed by atoms with Crippen LogP contribution in [0.3, 0.4) is 0 Å². The lowest BCUT2D eigenvalue weighted by Crippen LogP contribution is -3.09. The lowest BCUT2D eigenvalue weighted by molar-refractivity contribution is -0.885. The summed E-state index contributed by atoms with van der Waals surface area (Å²) in [6.45, 7) is 5.16. The molecule has 22 heavy (non-hydrogen) atoms. The van der Waals surface area contributed by atoms with Gasteiger partial charge in [-0.25, -0.2) is 4.98 Å². The van der Waals surface area contributed by atoms with Crippen molar-refractivity contribution >= 4 is 33.2 Å². The van der Waals surface area contributed by atoms with Crippen LogP contribution in [0.15, 0.2) is 34.1 Å². The maximum absolute atomic E-state index is 11.8. The molecule has 0 saturated heterocycles. The fraction of sp³-hybridized carbons (Fsp3) is 0.375. The van der Waals surface area contributed by atoms with Crippen molar-refractivity contribution in [3.63, 3.8) is 0 Å². The number of thiazole rings is 1. The first kappa shape index (κ1) is 17.1. The van der Waals surface area contributed by atoms with Gasteiger partial charge in [-0.1, -0.05) is 28.1 Å². The molecule has 1 aromatic carbocycles. The van der Waals surface area contributed by atoms with Crippen molar-refractivity contribution in [2.75, 3.05) is 13.6 Å². The summed E-state index contributed by atoms with van der Waals surface area (Å²) in [6, 6.07) is 8.30. The van der Waals surface area contributed by atoms with Crippen LogP contribution in [0.5, 0.6) is 0 Å². The van der Waals surface area contributed by atoms with Crippen LogP contribution in [-0.2, 0) is 11.3 Å². The molecule has 4 nitrogen and oxygen atoms in total. The van der Waals surface area contributed by atoms with Crippen LogP contribution in [0.4, 0.5) is 0 Å². The van der Waals surface area contributed by atoms with Gasteiger partial charge in [0.2, 0.25) is 0 Å². The maximum Gasteiger partial charge on any atom is 0.275 e. The Labute approximate surface area is 143 Å². The second-order valence-corrected chi connectivity index (χ2v) is 7.53. The van der Waals surface area contributed by atoms with Crippen molar-refractivity contribution in [2.24, 2.45) is 0 Å². The number of hydrogen-bond donors (Lipinski definition) is 2. The molecule has 118 valence electrons. The molecule has 0 spiro atoms. The zero-order chi connectivity index (χ0) is 16.1. The first-order valence-electron chi connectivity index (χ1n) is 7.25. The predicted octanol–water partition coefficient (Wildman–Crippen LogP) is 2.11. The second-order valence-electron chi connectivity index (χ2n) is 5.67. The van der Waals surface area contributed by atoms with Crippen molar-refractivity contribution in [3.8, 4) is 11.3 Å². The van der Waals surface area contributed by atoms with E-state index in [1.165, 1.54) is 0 Å². The molecule has 1 aromatic heterocycles. The van der Waals surface area contributed by atoms with Gasteiger partial charge in [0.1, 0.15) is 11.6 Å². The number of carbonyl (C=O) groups excluding carboxylic acids is 1. The Kier molecular flexibility index (Phi) is 6.11. The quantitative estimate of drug-likeness (QED) is 0.803. The third-order valence-electron chi connectivity index (χ3n) is 3.04. The highest BCUT2D eigenvalue weighted by atomic mass is 79.9. The largest absolute Gasteiger partial charge is 0.349 e. The predicted molar refractivity (Wildman–Crippen MR) is 94.0 cm³/mol. The van der Waals surface area contributed by atoms with E-state index < -0.39 is 0 Å². The summed E-state index contributed by atoms with van der Waals surface area (Å²) in [7, 11) is 2.01. The number of aromatic nitrogens is 1. The van der Waals surface area contributed by atoms with Crippen LogP contribution in [0.2, 0.25) is 0 Å². The third-order valence-corrected chi connectivity index (χ3v) is 4.38. The van der Waals surface area contributed by atoms with Gasteiger partial charge < -0.3 is 10.2 Å². The molecule has 2 rings (SSSR count). The van der Waals surface area contributed by atoms with Crippen LogP contribution in [0, 0.1) is 0 Å². The topological polar surface area (TPSA) is 46.4 Å². The summed E-state index contributed by atoms with van der Waals surface area (Å²) in [6.07, 6.45) is 0. The molecule has 2 N–H and O–H groups in total. The zero-order valence-corrected chi connectivity index (χ0v) is 15.4. The van der Waals surface area contributed by atoms with E-state index in [0.717, 1.165) is 32.2 Å². The average molecular weight is 383 g/mol. The summed E-state index contributed by atoms with van der Waals surface area (Å²) < 4.78 is 1.05. The van der Waals surface area contributed by atoms with Gasteiger partial charge in [0.05, 0.1) is 12.7 Å². The fourth-order valence-electron chi connectivity index (χ4n) is 2.14. The molecule has 0 radical (unpaired) electrons. The highest BCUT2D eigenvalue weighted by Crippen LogP contribution is 2.24. The van der Waals surface area contributed by atoms with Crippen LogP contribution < -0.4 is 10.2 Å². The van der Waals surface area contributed by atoms with Gasteiger partial charge in [-0.15, -0.1) is 11.3 Å². The summed E-state index contributed by atoms with van der Waals surface area (Å²) in [5.41, 5.74) is 2.09. The molecule has 0 aliphatic heterocycles. The molecule has 0 aliphatic rings. The number of nitrogens with one attached hydrogen (secondary N) is 2. The number of likely N-dealkylation sites (N-methyl/N-ethyl adjacent to an activating group) is 1. The Morgan fingerprint density at radius 2 is 2.23 bits per heavy atom. The minimum Gasteiger partial charge on any atom is -0.349 e. The average Bonchev–Trinajstić information content (AvgIpc) is 2.85. The van der Waals surface area contributed by atoms with Gasteiger partial charge in [0.15, 0.2) is 6.54 Å². The highest BCUT2D eigenvalue weighted by Gasteiger charge is 2.14. The van der Waals surface area contributed by atoms with Crippen LogP contribution in [0.25, 0.3) is 11.3 Å². The van der Waals surface area contributed by atoms with E-state index in [4.69, 9.17) is 0 Å². The third kappa shape index (κ3) is 5.19. The van der Waals surface area contributed by atoms with E-state index >= 15 is 0 Å². The van der Waals surface area contributed by atoms with Gasteiger partial charge >= 0.3 is 0 Å². The molecule has 0 saturated carbocycles. The number of rotatable bonds is 6. The van der Waals surface area contributed by atoms with Crippen molar-refractivity contribution in [3.05, 3.63) is 39.1 Å². The van der Waals surface area contributed by atoms with E-state index in [9.17, 15) is 4.79 Å². The monoisotopic (exact) mass is 382 g/mol. The number of halogens is 1. The van der Waals surface area contributed by atoms with Crippen molar-refractivity contribution in [1.29, 1.82) is 0 Å². The molecule has 1 atom stereocenters. The lowest BCUT2D eigenvalue weighted by atomic mass is 10.2. The smallest absolute Gasteiger partial charge is 0.275 e. The van der Waals surface area contributed by atoms with Crippen LogP contribution in [-0.4, -0.2) is 30.5 Å². The van der Waals surface area contributed by atoms with Gasteiger partial charge in [-0.3, -0.25) is 4.79 Å². The Hall–Kier alpha value is -1.24. The number of benzene rings is 1. The molecule has 0 bridgehead atoms. The van der Waals surface area contributed by atoms with E-state index in [2.05, 4.69) is 43.7 Å². The Morgan fingerprint density at radius 1 is 1.45 bits per heavy atom. The van der Waals surface area contributed by atoms with Crippen LogP contribution >= 0.6 is 27.3 Å². The van der Waals surface area contributed by atoms with E-state index in [1.807, 2.05) is 33.0 Å². The molecule has 0 aliphatic carbocycles. The summed E-state index contributed by atoms with van der Waals surface area (Å²) in [5.74, 6) is 0.0799. The van der Waals surface area contributed by atoms with Crippen molar-refractivity contribution in [2.45, 2.75) is 26.4 Å².